The van der Waals surface area contributed by atoms with Crippen molar-refractivity contribution < 1.29 is 33.4 Å². The summed E-state index contributed by atoms with van der Waals surface area (Å²) in [5.41, 5.74) is 3.91. The van der Waals surface area contributed by atoms with Crippen molar-refractivity contribution in [3.8, 4) is 34.5 Å². The van der Waals surface area contributed by atoms with Gasteiger partial charge in [-0.3, -0.25) is 14.4 Å². The summed E-state index contributed by atoms with van der Waals surface area (Å²) < 4.78 is 19.4. The third-order valence-corrected chi connectivity index (χ3v) is 8.85. The Hall–Kier alpha value is -5.85. The minimum atomic E-state index is -0.811. The third-order valence-electron chi connectivity index (χ3n) is 8.85. The minimum absolute atomic E-state index is 0.0752. The molecule has 2 aromatic heterocycles. The zero-order valence-corrected chi connectivity index (χ0v) is 26.6. The smallest absolute Gasteiger partial charge is 0.251 e. The third kappa shape index (κ3) is 5.90. The van der Waals surface area contributed by atoms with E-state index in [1.165, 1.54) is 18.1 Å². The maximum absolute atomic E-state index is 13.7. The Bertz CT molecular complexity index is 2070. The summed E-state index contributed by atoms with van der Waals surface area (Å²) in [6, 6.07) is 14.1. The highest BCUT2D eigenvalue weighted by molar-refractivity contribution is 5.98. The molecule has 246 valence electrons. The van der Waals surface area contributed by atoms with Gasteiger partial charge in [-0.15, -0.1) is 0 Å². The number of hydrogen-bond donors (Lipinski definition) is 3. The van der Waals surface area contributed by atoms with Gasteiger partial charge in [-0.05, 0) is 73.9 Å². The van der Waals surface area contributed by atoms with E-state index in [2.05, 4.69) is 20.6 Å². The normalized spacial score (nSPS) is 18.0. The molecule has 0 radical (unpaired) electrons. The van der Waals surface area contributed by atoms with Gasteiger partial charge < -0.3 is 39.1 Å². The van der Waals surface area contributed by atoms with E-state index in [4.69, 9.17) is 13.9 Å². The van der Waals surface area contributed by atoms with Gasteiger partial charge in [-0.2, -0.15) is 0 Å². The van der Waals surface area contributed by atoms with Crippen molar-refractivity contribution in [2.24, 2.45) is 7.05 Å². The second-order valence-corrected chi connectivity index (χ2v) is 12.0. The number of phenols is 1. The van der Waals surface area contributed by atoms with Gasteiger partial charge in [0.15, 0.2) is 23.0 Å². The van der Waals surface area contributed by atoms with E-state index in [0.717, 1.165) is 11.1 Å². The number of benzene rings is 3. The average Bonchev–Trinajstić information content (AvgIpc) is 3.79. The van der Waals surface area contributed by atoms with Gasteiger partial charge in [-0.1, -0.05) is 6.07 Å². The average molecular weight is 651 g/mol. The number of imidazole rings is 1. The number of nitrogens with zero attached hydrogens (tertiary/aromatic N) is 4. The van der Waals surface area contributed by atoms with Gasteiger partial charge in [-0.25, -0.2) is 9.97 Å². The van der Waals surface area contributed by atoms with Crippen molar-refractivity contribution in [3.05, 3.63) is 83.5 Å². The molecule has 13 nitrogen and oxygen atoms in total. The molecule has 4 heterocycles. The molecule has 3 amide bonds. The first-order valence-corrected chi connectivity index (χ1v) is 15.6. The van der Waals surface area contributed by atoms with Crippen molar-refractivity contribution in [1.29, 1.82) is 0 Å². The van der Waals surface area contributed by atoms with E-state index < -0.39 is 12.1 Å². The molecular formula is C35H34N6O7. The lowest BCUT2D eigenvalue weighted by Gasteiger charge is -2.24. The largest absolute Gasteiger partial charge is 0.504 e. The Kier molecular flexibility index (Phi) is 7.95. The Balaban J connectivity index is 1.17. The van der Waals surface area contributed by atoms with Crippen LogP contribution in [0.15, 0.2) is 65.3 Å². The predicted octanol–water partition coefficient (Wildman–Crippen LogP) is 4.01. The van der Waals surface area contributed by atoms with Gasteiger partial charge >= 0.3 is 0 Å². The van der Waals surface area contributed by atoms with E-state index in [1.807, 2.05) is 17.7 Å². The van der Waals surface area contributed by atoms with Crippen molar-refractivity contribution >= 4 is 28.8 Å². The molecule has 1 fully saturated rings. The summed E-state index contributed by atoms with van der Waals surface area (Å²) in [5.74, 6) is 0.785. The number of rotatable bonds is 3. The van der Waals surface area contributed by atoms with Crippen LogP contribution in [0, 0.1) is 6.92 Å². The van der Waals surface area contributed by atoms with Crippen molar-refractivity contribution in [1.82, 2.24) is 30.1 Å². The Labute approximate surface area is 275 Å². The van der Waals surface area contributed by atoms with Crippen molar-refractivity contribution in [2.75, 3.05) is 13.7 Å². The Morgan fingerprint density at radius 3 is 2.77 bits per heavy atom. The van der Waals surface area contributed by atoms with Crippen LogP contribution in [0.1, 0.15) is 40.2 Å². The maximum Gasteiger partial charge on any atom is 0.251 e. The minimum Gasteiger partial charge on any atom is -0.504 e. The number of oxazole rings is 1. The molecule has 5 aromatic rings. The van der Waals surface area contributed by atoms with Crippen LogP contribution >= 0.6 is 0 Å². The highest BCUT2D eigenvalue weighted by Gasteiger charge is 2.40. The molecule has 2 aliphatic heterocycles. The summed E-state index contributed by atoms with van der Waals surface area (Å²) in [6.07, 6.45) is 2.35. The van der Waals surface area contributed by atoms with E-state index in [-0.39, 0.29) is 55.2 Å². The van der Waals surface area contributed by atoms with E-state index in [0.29, 0.717) is 51.9 Å². The van der Waals surface area contributed by atoms with Crippen LogP contribution in [-0.4, -0.2) is 68.0 Å². The highest BCUT2D eigenvalue weighted by Crippen LogP contribution is 2.39. The quantitative estimate of drug-likeness (QED) is 0.262. The number of nitrogens with one attached hydrogen (secondary N) is 2. The summed E-state index contributed by atoms with van der Waals surface area (Å²) in [7, 11) is 3.40. The maximum atomic E-state index is 13.7. The SMILES string of the molecule is COc1ccc2cc1Oc1cc(ccc1O)CCC(=O)N1C[C@@H](NC(=O)c3ccc4c(c3)ncn4C)C[C@H]1C(=O)NCc1nc-2oc1C. The molecule has 13 heteroatoms. The number of hydrogen-bond acceptors (Lipinski definition) is 9. The molecule has 6 bridgehead atoms. The monoisotopic (exact) mass is 650 g/mol. The standard InChI is InChI=1S/C35H34N6O7/c1-19-25-16-36-34(45)27-15-23(38-33(44)21-6-8-26-24(13-21)37-18-40(26)2)17-41(27)32(43)11-5-20-4-9-28(42)30(12-20)48-31-14-22(35(39-25)47-19)7-10-29(31)46-3/h4,6-10,12-14,18,23,27,42H,5,11,15-17H2,1-3H3,(H,36,45)(H,38,44)/t23-,27-/m0/s1. The second kappa shape index (κ2) is 12.4. The van der Waals surface area contributed by atoms with Crippen LogP contribution in [0.4, 0.5) is 0 Å². The Morgan fingerprint density at radius 2 is 1.94 bits per heavy atom. The summed E-state index contributed by atoms with van der Waals surface area (Å²) in [4.78, 5) is 51.1. The fourth-order valence-electron chi connectivity index (χ4n) is 6.21. The molecule has 0 unspecified atom stereocenters. The molecule has 7 rings (SSSR count). The molecule has 2 atom stereocenters. The van der Waals surface area contributed by atoms with Gasteiger partial charge in [0.2, 0.25) is 17.7 Å². The summed E-state index contributed by atoms with van der Waals surface area (Å²) in [6.45, 7) is 2.00. The van der Waals surface area contributed by atoms with Crippen LogP contribution < -0.4 is 20.1 Å². The molecule has 48 heavy (non-hydrogen) atoms. The number of fused-ring (bicyclic) bond motifs is 9. The molecule has 1 saturated heterocycles. The van der Waals surface area contributed by atoms with Crippen LogP contribution in [0.2, 0.25) is 0 Å². The molecule has 0 aliphatic carbocycles. The number of ether oxygens (including phenoxy) is 2. The lowest BCUT2D eigenvalue weighted by Crippen LogP contribution is -2.46. The first kappa shape index (κ1) is 30.8. The number of phenolic OH excluding ortho intramolecular Hbond substituents is 1. The molecule has 0 saturated carbocycles. The molecule has 3 N–H and O–H groups in total. The van der Waals surface area contributed by atoms with Gasteiger partial charge in [0.1, 0.15) is 17.5 Å². The zero-order valence-electron chi connectivity index (χ0n) is 26.6. The molecule has 3 aromatic carbocycles. The number of carbonyl (C=O) groups is 3. The number of aromatic hydroxyl groups is 1. The fourth-order valence-corrected chi connectivity index (χ4v) is 6.21. The number of amides is 3. The summed E-state index contributed by atoms with van der Waals surface area (Å²) >= 11 is 0. The molecular weight excluding hydrogens is 616 g/mol. The lowest BCUT2D eigenvalue weighted by atomic mass is 10.1. The van der Waals surface area contributed by atoms with Gasteiger partial charge in [0.05, 0.1) is 31.0 Å². The van der Waals surface area contributed by atoms with Gasteiger partial charge in [0, 0.05) is 37.2 Å². The Morgan fingerprint density at radius 1 is 1.08 bits per heavy atom. The molecule has 0 spiro atoms. The van der Waals surface area contributed by atoms with Crippen LogP contribution in [0.5, 0.6) is 23.0 Å². The van der Waals surface area contributed by atoms with Crippen LogP contribution in [-0.2, 0) is 29.6 Å². The number of methoxy groups -OCH3 is 1. The predicted molar refractivity (Wildman–Crippen MR) is 174 cm³/mol. The fraction of sp³-hybridized carbons (Fsp3) is 0.286. The highest BCUT2D eigenvalue weighted by atomic mass is 16.5. The number of carbonyl (C=O) groups excluding carboxylic acids is 3. The first-order valence-electron chi connectivity index (χ1n) is 15.6. The topological polar surface area (TPSA) is 161 Å². The van der Waals surface area contributed by atoms with Gasteiger partial charge in [0.25, 0.3) is 5.91 Å². The van der Waals surface area contributed by atoms with Crippen LogP contribution in [0.25, 0.3) is 22.5 Å². The first-order chi connectivity index (χ1) is 23.2. The van der Waals surface area contributed by atoms with E-state index in [9.17, 15) is 19.5 Å². The van der Waals surface area contributed by atoms with E-state index >= 15 is 0 Å². The van der Waals surface area contributed by atoms with E-state index in [1.54, 1.807) is 55.7 Å². The van der Waals surface area contributed by atoms with Crippen molar-refractivity contribution in [2.45, 2.75) is 44.8 Å². The second-order valence-electron chi connectivity index (χ2n) is 12.0. The van der Waals surface area contributed by atoms with Crippen molar-refractivity contribution in [3.63, 3.8) is 0 Å². The lowest BCUT2D eigenvalue weighted by molar-refractivity contribution is -0.138. The number of aryl methyl sites for hydroxylation is 3. The molecule has 2 aliphatic rings. The number of aromatic nitrogens is 3. The van der Waals surface area contributed by atoms with Crippen LogP contribution in [0.3, 0.4) is 0 Å². The zero-order chi connectivity index (χ0) is 33.5. The summed E-state index contributed by atoms with van der Waals surface area (Å²) in [5, 5.41) is 16.6.